The molecule has 0 aliphatic carbocycles. The number of nitrogens with one attached hydrogen (secondary N) is 2. The monoisotopic (exact) mass is 146 g/mol. The van der Waals surface area contributed by atoms with Gasteiger partial charge in [-0.15, -0.1) is 0 Å². The van der Waals surface area contributed by atoms with E-state index in [0.29, 0.717) is 6.54 Å². The van der Waals surface area contributed by atoms with Crippen LogP contribution in [0, 0.1) is 0 Å². The fourth-order valence-electron chi connectivity index (χ4n) is 0.527. The van der Waals surface area contributed by atoms with Crippen LogP contribution >= 0.6 is 0 Å². The molecule has 0 spiro atoms. The van der Waals surface area contributed by atoms with E-state index in [4.69, 9.17) is 5.11 Å². The maximum atomic E-state index is 10.5. The van der Waals surface area contributed by atoms with Crippen molar-refractivity contribution in [3.63, 3.8) is 0 Å². The molecule has 2 amide bonds. The average molecular weight is 146 g/mol. The van der Waals surface area contributed by atoms with Gasteiger partial charge in [0.1, 0.15) is 0 Å². The van der Waals surface area contributed by atoms with Gasteiger partial charge in [0, 0.05) is 20.2 Å². The highest BCUT2D eigenvalue weighted by Crippen LogP contribution is 1.82. The molecule has 0 rings (SSSR count). The predicted molar refractivity (Wildman–Crippen MR) is 38.8 cm³/mol. The van der Waals surface area contributed by atoms with Crippen molar-refractivity contribution >= 4 is 6.03 Å². The van der Waals surface area contributed by atoms with Gasteiger partial charge in [-0.2, -0.15) is 0 Å². The van der Waals surface area contributed by atoms with Gasteiger partial charge in [-0.3, -0.25) is 0 Å². The van der Waals surface area contributed by atoms with E-state index in [1.54, 1.807) is 7.05 Å². The summed E-state index contributed by atoms with van der Waals surface area (Å²) in [6.07, 6.45) is 1.56. The number of carbonyl (C=O) groups is 1. The van der Waals surface area contributed by atoms with Gasteiger partial charge in [-0.1, -0.05) is 0 Å². The average Bonchev–Trinajstić information content (AvgIpc) is 1.98. The Morgan fingerprint density at radius 2 is 2.20 bits per heavy atom. The van der Waals surface area contributed by atoms with Gasteiger partial charge in [0.15, 0.2) is 0 Å². The first-order chi connectivity index (χ1) is 4.81. The lowest BCUT2D eigenvalue weighted by molar-refractivity contribution is 0.241. The topological polar surface area (TPSA) is 61.4 Å². The number of aliphatic hydroxyl groups is 1. The lowest BCUT2D eigenvalue weighted by Crippen LogP contribution is -2.33. The molecule has 0 aromatic heterocycles. The Hall–Kier alpha value is -0.770. The quantitative estimate of drug-likeness (QED) is 0.476. The summed E-state index contributed by atoms with van der Waals surface area (Å²) >= 11 is 0. The van der Waals surface area contributed by atoms with Crippen LogP contribution in [0.3, 0.4) is 0 Å². The summed E-state index contributed by atoms with van der Waals surface area (Å²) in [4.78, 5) is 10.5. The third-order valence-electron chi connectivity index (χ3n) is 1.10. The van der Waals surface area contributed by atoms with E-state index < -0.39 is 0 Å². The van der Waals surface area contributed by atoms with Gasteiger partial charge in [0.2, 0.25) is 0 Å². The fourth-order valence-corrected chi connectivity index (χ4v) is 0.527. The number of amides is 2. The number of rotatable bonds is 4. The zero-order chi connectivity index (χ0) is 7.82. The second-order valence-corrected chi connectivity index (χ2v) is 1.94. The maximum Gasteiger partial charge on any atom is 0.314 e. The van der Waals surface area contributed by atoms with Crippen LogP contribution in [0.2, 0.25) is 0 Å². The Morgan fingerprint density at radius 3 is 2.70 bits per heavy atom. The molecule has 0 bridgehead atoms. The summed E-state index contributed by atoms with van der Waals surface area (Å²) in [6, 6.07) is -0.169. The van der Waals surface area contributed by atoms with E-state index in [-0.39, 0.29) is 12.6 Å². The Bertz CT molecular complexity index is 95.7. The molecule has 4 heteroatoms. The molecule has 60 valence electrons. The highest BCUT2D eigenvalue weighted by molar-refractivity contribution is 5.73. The van der Waals surface area contributed by atoms with Crippen molar-refractivity contribution in [1.82, 2.24) is 10.6 Å². The number of hydrogen-bond donors (Lipinski definition) is 3. The van der Waals surface area contributed by atoms with Gasteiger partial charge < -0.3 is 15.7 Å². The summed E-state index contributed by atoms with van der Waals surface area (Å²) < 4.78 is 0. The molecule has 0 atom stereocenters. The number of hydrogen-bond acceptors (Lipinski definition) is 2. The number of urea groups is 1. The minimum Gasteiger partial charge on any atom is -0.396 e. The fraction of sp³-hybridized carbons (Fsp3) is 0.833. The first kappa shape index (κ1) is 9.23. The highest BCUT2D eigenvalue weighted by Gasteiger charge is 1.92. The second-order valence-electron chi connectivity index (χ2n) is 1.94. The standard InChI is InChI=1S/C6H14N2O2/c1-7-6(10)8-4-2-3-5-9/h9H,2-5H2,1H3,(H2,7,8,10). The molecule has 0 unspecified atom stereocenters. The number of aliphatic hydroxyl groups excluding tert-OH is 1. The molecule has 10 heavy (non-hydrogen) atoms. The van der Waals surface area contributed by atoms with Crippen LogP contribution in [0.4, 0.5) is 4.79 Å². The summed E-state index contributed by atoms with van der Waals surface area (Å²) in [7, 11) is 1.57. The Kier molecular flexibility index (Phi) is 5.86. The van der Waals surface area contributed by atoms with Crippen LogP contribution in [0.15, 0.2) is 0 Å². The molecule has 0 aromatic rings. The third kappa shape index (κ3) is 5.37. The van der Waals surface area contributed by atoms with Gasteiger partial charge in [0.05, 0.1) is 0 Å². The minimum atomic E-state index is -0.169. The molecule has 0 aliphatic heterocycles. The first-order valence-electron chi connectivity index (χ1n) is 3.37. The van der Waals surface area contributed by atoms with Crippen molar-refractivity contribution in [2.45, 2.75) is 12.8 Å². The number of unbranched alkanes of at least 4 members (excludes halogenated alkanes) is 1. The van der Waals surface area contributed by atoms with E-state index in [0.717, 1.165) is 12.8 Å². The van der Waals surface area contributed by atoms with Crippen LogP contribution in [-0.4, -0.2) is 31.3 Å². The summed E-state index contributed by atoms with van der Waals surface area (Å²) in [6.45, 7) is 0.815. The zero-order valence-electron chi connectivity index (χ0n) is 6.18. The van der Waals surface area contributed by atoms with E-state index in [9.17, 15) is 4.79 Å². The van der Waals surface area contributed by atoms with Crippen LogP contribution in [-0.2, 0) is 0 Å². The second kappa shape index (κ2) is 6.35. The molecule has 0 aliphatic rings. The molecule has 3 N–H and O–H groups in total. The van der Waals surface area contributed by atoms with Crippen molar-refractivity contribution in [3.8, 4) is 0 Å². The first-order valence-corrected chi connectivity index (χ1v) is 3.37. The molecule has 4 nitrogen and oxygen atoms in total. The largest absolute Gasteiger partial charge is 0.396 e. The van der Waals surface area contributed by atoms with E-state index in [1.165, 1.54) is 0 Å². The van der Waals surface area contributed by atoms with Gasteiger partial charge in [-0.25, -0.2) is 4.79 Å². The third-order valence-corrected chi connectivity index (χ3v) is 1.10. The smallest absolute Gasteiger partial charge is 0.314 e. The van der Waals surface area contributed by atoms with Crippen molar-refractivity contribution in [2.75, 3.05) is 20.2 Å². The van der Waals surface area contributed by atoms with Gasteiger partial charge in [0.25, 0.3) is 0 Å². The molecular weight excluding hydrogens is 132 g/mol. The highest BCUT2D eigenvalue weighted by atomic mass is 16.2. The molecule has 0 heterocycles. The molecular formula is C6H14N2O2. The maximum absolute atomic E-state index is 10.5. The van der Waals surface area contributed by atoms with E-state index in [2.05, 4.69) is 10.6 Å². The van der Waals surface area contributed by atoms with Crippen LogP contribution in [0.1, 0.15) is 12.8 Å². The van der Waals surface area contributed by atoms with Gasteiger partial charge in [-0.05, 0) is 12.8 Å². The van der Waals surface area contributed by atoms with Gasteiger partial charge >= 0.3 is 6.03 Å². The number of carbonyl (C=O) groups excluding carboxylic acids is 1. The van der Waals surface area contributed by atoms with Crippen LogP contribution in [0.25, 0.3) is 0 Å². The lowest BCUT2D eigenvalue weighted by atomic mass is 10.3. The molecule has 0 aromatic carbocycles. The van der Waals surface area contributed by atoms with E-state index >= 15 is 0 Å². The Morgan fingerprint density at radius 1 is 1.50 bits per heavy atom. The summed E-state index contributed by atoms with van der Waals surface area (Å²) in [5.74, 6) is 0. The normalized spacial score (nSPS) is 9.00. The Labute approximate surface area is 60.6 Å². The summed E-state index contributed by atoms with van der Waals surface area (Å²) in [5.41, 5.74) is 0. The van der Waals surface area contributed by atoms with Crippen molar-refractivity contribution < 1.29 is 9.90 Å². The Balaban J connectivity index is 2.96. The van der Waals surface area contributed by atoms with E-state index in [1.807, 2.05) is 0 Å². The molecule has 0 saturated heterocycles. The van der Waals surface area contributed by atoms with Crippen molar-refractivity contribution in [2.24, 2.45) is 0 Å². The van der Waals surface area contributed by atoms with Crippen LogP contribution in [0.5, 0.6) is 0 Å². The molecule has 0 saturated carbocycles. The zero-order valence-corrected chi connectivity index (χ0v) is 6.18. The lowest BCUT2D eigenvalue weighted by Gasteiger charge is -2.01. The van der Waals surface area contributed by atoms with Crippen molar-refractivity contribution in [1.29, 1.82) is 0 Å². The molecule has 0 radical (unpaired) electrons. The SMILES string of the molecule is CNC(=O)NCCCCO. The van der Waals surface area contributed by atoms with Crippen molar-refractivity contribution in [3.05, 3.63) is 0 Å². The molecule has 0 fully saturated rings. The minimum absolute atomic E-state index is 0.169. The summed E-state index contributed by atoms with van der Waals surface area (Å²) in [5, 5.41) is 13.4. The predicted octanol–water partition coefficient (Wildman–Crippen LogP) is -0.312. The van der Waals surface area contributed by atoms with Crippen LogP contribution < -0.4 is 10.6 Å².